The maximum Gasteiger partial charge on any atom is 0.120 e. The largest absolute Gasteiger partial charge is 0.489 e. The zero-order valence-corrected chi connectivity index (χ0v) is 11.8. The van der Waals surface area contributed by atoms with E-state index in [0.717, 1.165) is 16.9 Å². The van der Waals surface area contributed by atoms with Crippen LogP contribution in [0.25, 0.3) is 0 Å². The molecule has 0 heterocycles. The van der Waals surface area contributed by atoms with E-state index in [-0.39, 0.29) is 6.61 Å². The molecular formula is C18H18O2. The van der Waals surface area contributed by atoms with E-state index >= 15 is 0 Å². The van der Waals surface area contributed by atoms with Crippen LogP contribution in [0, 0.1) is 25.7 Å². The first-order valence-corrected chi connectivity index (χ1v) is 6.58. The van der Waals surface area contributed by atoms with Gasteiger partial charge in [0, 0.05) is 5.56 Å². The van der Waals surface area contributed by atoms with Gasteiger partial charge in [-0.15, -0.1) is 0 Å². The van der Waals surface area contributed by atoms with Crippen molar-refractivity contribution in [2.75, 3.05) is 6.61 Å². The third-order valence-corrected chi connectivity index (χ3v) is 3.16. The van der Waals surface area contributed by atoms with Crippen molar-refractivity contribution >= 4 is 0 Å². The topological polar surface area (TPSA) is 29.5 Å². The molecule has 0 unspecified atom stereocenters. The van der Waals surface area contributed by atoms with Crippen LogP contribution in [0.15, 0.2) is 42.5 Å². The zero-order valence-electron chi connectivity index (χ0n) is 11.8. The lowest BCUT2D eigenvalue weighted by molar-refractivity contribution is 0.305. The predicted octanol–water partition coefficient (Wildman–Crippen LogP) is 3.23. The minimum Gasteiger partial charge on any atom is -0.489 e. The molecule has 0 saturated carbocycles. The van der Waals surface area contributed by atoms with Crippen molar-refractivity contribution in [1.29, 1.82) is 0 Å². The Kier molecular flexibility index (Phi) is 4.81. The summed E-state index contributed by atoms with van der Waals surface area (Å²) in [5.41, 5.74) is 4.39. The number of aliphatic hydroxyl groups excluding tert-OH is 1. The molecule has 102 valence electrons. The molecule has 2 aromatic rings. The molecule has 0 fully saturated rings. The lowest BCUT2D eigenvalue weighted by Gasteiger charge is -2.09. The fourth-order valence-corrected chi connectivity index (χ4v) is 1.93. The van der Waals surface area contributed by atoms with E-state index in [1.54, 1.807) is 0 Å². The standard InChI is InChI=1S/C18H18O2/c1-14-6-3-4-7-17(14)13-20-18-10-9-16(8-5-11-19)15(2)12-18/h3-4,6-7,9-10,12,19H,11,13H2,1-2H3. The van der Waals surface area contributed by atoms with E-state index in [1.165, 1.54) is 11.1 Å². The molecule has 1 N–H and O–H groups in total. The van der Waals surface area contributed by atoms with Crippen LogP contribution in [-0.2, 0) is 6.61 Å². The Morgan fingerprint density at radius 2 is 1.85 bits per heavy atom. The van der Waals surface area contributed by atoms with Gasteiger partial charge in [-0.3, -0.25) is 0 Å². The summed E-state index contributed by atoms with van der Waals surface area (Å²) >= 11 is 0. The maximum absolute atomic E-state index is 8.71. The minimum atomic E-state index is -0.120. The lowest BCUT2D eigenvalue weighted by atomic mass is 10.1. The van der Waals surface area contributed by atoms with Crippen molar-refractivity contribution in [3.8, 4) is 17.6 Å². The monoisotopic (exact) mass is 266 g/mol. The normalized spacial score (nSPS) is 9.75. The Bertz CT molecular complexity index is 648. The average molecular weight is 266 g/mol. The van der Waals surface area contributed by atoms with Gasteiger partial charge in [-0.2, -0.15) is 0 Å². The highest BCUT2D eigenvalue weighted by atomic mass is 16.5. The Morgan fingerprint density at radius 3 is 2.55 bits per heavy atom. The van der Waals surface area contributed by atoms with Crippen LogP contribution in [0.1, 0.15) is 22.3 Å². The highest BCUT2D eigenvalue weighted by molar-refractivity contribution is 5.44. The van der Waals surface area contributed by atoms with Gasteiger partial charge in [0.15, 0.2) is 0 Å². The molecule has 0 aliphatic heterocycles. The first-order chi connectivity index (χ1) is 9.70. The van der Waals surface area contributed by atoms with Crippen LogP contribution in [0.4, 0.5) is 0 Å². The fourth-order valence-electron chi connectivity index (χ4n) is 1.93. The van der Waals surface area contributed by atoms with Gasteiger partial charge in [-0.1, -0.05) is 36.1 Å². The molecule has 2 aromatic carbocycles. The van der Waals surface area contributed by atoms with Crippen LogP contribution in [0.2, 0.25) is 0 Å². The van der Waals surface area contributed by atoms with Gasteiger partial charge in [-0.05, 0) is 48.7 Å². The molecule has 0 aliphatic carbocycles. The highest BCUT2D eigenvalue weighted by Gasteiger charge is 2.01. The number of aryl methyl sites for hydroxylation is 2. The highest BCUT2D eigenvalue weighted by Crippen LogP contribution is 2.18. The number of hydrogen-bond acceptors (Lipinski definition) is 2. The first kappa shape index (κ1) is 14.2. The number of hydrogen-bond donors (Lipinski definition) is 1. The summed E-state index contributed by atoms with van der Waals surface area (Å²) in [4.78, 5) is 0. The van der Waals surface area contributed by atoms with Crippen molar-refractivity contribution in [3.63, 3.8) is 0 Å². The average Bonchev–Trinajstić information content (AvgIpc) is 2.45. The van der Waals surface area contributed by atoms with Gasteiger partial charge in [0.05, 0.1) is 0 Å². The molecule has 0 atom stereocenters. The zero-order chi connectivity index (χ0) is 14.4. The first-order valence-electron chi connectivity index (χ1n) is 6.58. The molecular weight excluding hydrogens is 248 g/mol. The molecule has 0 spiro atoms. The third kappa shape index (κ3) is 3.63. The predicted molar refractivity (Wildman–Crippen MR) is 80.7 cm³/mol. The Morgan fingerprint density at radius 1 is 1.05 bits per heavy atom. The summed E-state index contributed by atoms with van der Waals surface area (Å²) in [6, 6.07) is 14.0. The summed E-state index contributed by atoms with van der Waals surface area (Å²) in [7, 11) is 0. The van der Waals surface area contributed by atoms with E-state index in [9.17, 15) is 0 Å². The summed E-state index contributed by atoms with van der Waals surface area (Å²) in [6.07, 6.45) is 0. The van der Waals surface area contributed by atoms with Gasteiger partial charge in [0.25, 0.3) is 0 Å². The van der Waals surface area contributed by atoms with Gasteiger partial charge >= 0.3 is 0 Å². The fraction of sp³-hybridized carbons (Fsp3) is 0.222. The smallest absolute Gasteiger partial charge is 0.120 e. The molecule has 0 aliphatic rings. The second kappa shape index (κ2) is 6.79. The second-order valence-corrected chi connectivity index (χ2v) is 4.65. The van der Waals surface area contributed by atoms with E-state index in [0.29, 0.717) is 6.61 Å². The Hall–Kier alpha value is -2.24. The SMILES string of the molecule is Cc1cc(OCc2ccccc2C)ccc1C#CCO. The van der Waals surface area contributed by atoms with Crippen LogP contribution in [0.5, 0.6) is 5.75 Å². The summed E-state index contributed by atoms with van der Waals surface area (Å²) < 4.78 is 5.82. The van der Waals surface area contributed by atoms with Gasteiger partial charge < -0.3 is 9.84 Å². The van der Waals surface area contributed by atoms with Gasteiger partial charge in [-0.25, -0.2) is 0 Å². The number of ether oxygens (including phenoxy) is 1. The van der Waals surface area contributed by atoms with Crippen LogP contribution >= 0.6 is 0 Å². The van der Waals surface area contributed by atoms with Crippen LogP contribution < -0.4 is 4.74 Å². The summed E-state index contributed by atoms with van der Waals surface area (Å²) in [5, 5.41) is 8.71. The van der Waals surface area contributed by atoms with E-state index in [2.05, 4.69) is 30.9 Å². The van der Waals surface area contributed by atoms with Gasteiger partial charge in [0.2, 0.25) is 0 Å². The molecule has 2 heteroatoms. The van der Waals surface area contributed by atoms with Crippen molar-refractivity contribution in [2.45, 2.75) is 20.5 Å². The van der Waals surface area contributed by atoms with Crippen molar-refractivity contribution < 1.29 is 9.84 Å². The summed E-state index contributed by atoms with van der Waals surface area (Å²) in [5.74, 6) is 6.41. The number of rotatable bonds is 3. The van der Waals surface area contributed by atoms with Crippen molar-refractivity contribution in [2.24, 2.45) is 0 Å². The molecule has 0 radical (unpaired) electrons. The van der Waals surface area contributed by atoms with Gasteiger partial charge in [0.1, 0.15) is 19.0 Å². The molecule has 20 heavy (non-hydrogen) atoms. The Balaban J connectivity index is 2.08. The van der Waals surface area contributed by atoms with Crippen LogP contribution in [0.3, 0.4) is 0 Å². The van der Waals surface area contributed by atoms with Crippen molar-refractivity contribution in [3.05, 3.63) is 64.7 Å². The van der Waals surface area contributed by atoms with E-state index in [1.807, 2.05) is 37.3 Å². The third-order valence-electron chi connectivity index (χ3n) is 3.16. The quantitative estimate of drug-likeness (QED) is 0.864. The van der Waals surface area contributed by atoms with E-state index in [4.69, 9.17) is 9.84 Å². The molecule has 2 rings (SSSR count). The maximum atomic E-state index is 8.71. The minimum absolute atomic E-state index is 0.120. The lowest BCUT2D eigenvalue weighted by Crippen LogP contribution is -1.98. The molecule has 2 nitrogen and oxygen atoms in total. The molecule has 0 bridgehead atoms. The number of aliphatic hydroxyl groups is 1. The van der Waals surface area contributed by atoms with Crippen molar-refractivity contribution in [1.82, 2.24) is 0 Å². The van der Waals surface area contributed by atoms with E-state index < -0.39 is 0 Å². The van der Waals surface area contributed by atoms with Crippen LogP contribution in [-0.4, -0.2) is 11.7 Å². The molecule has 0 saturated heterocycles. The second-order valence-electron chi connectivity index (χ2n) is 4.65. The Labute approximate surface area is 120 Å². The number of benzene rings is 2. The summed E-state index contributed by atoms with van der Waals surface area (Å²) in [6.45, 7) is 4.51. The molecule has 0 aromatic heterocycles. The molecule has 0 amide bonds.